The second-order valence-electron chi connectivity index (χ2n) is 2.97. The van der Waals surface area contributed by atoms with Crippen molar-refractivity contribution in [1.29, 1.82) is 0 Å². The summed E-state index contributed by atoms with van der Waals surface area (Å²) < 4.78 is 1.18. The number of hydrogen-bond acceptors (Lipinski definition) is 1. The molecular weight excluding hydrogens is 343 g/mol. The van der Waals surface area contributed by atoms with Gasteiger partial charge in [-0.1, -0.05) is 15.9 Å². The highest BCUT2D eigenvalue weighted by Gasteiger charge is 2.10. The second-order valence-corrected chi connectivity index (χ2v) is 4.78. The average Bonchev–Trinajstić information content (AvgIpc) is 2.02. The van der Waals surface area contributed by atoms with Gasteiger partial charge in [0.05, 0.1) is 5.33 Å². The van der Waals surface area contributed by atoms with Crippen LogP contribution in [-0.2, 0) is 0 Å². The monoisotopic (exact) mass is 352 g/mol. The van der Waals surface area contributed by atoms with Crippen molar-refractivity contribution in [2.24, 2.45) is 0 Å². The molecule has 1 aromatic rings. The molecule has 1 rings (SSSR count). The molecule has 0 aromatic heterocycles. The molecule has 0 fully saturated rings. The Morgan fingerprint density at radius 3 is 2.23 bits per heavy atom. The molecule has 70 valence electrons. The molecule has 0 radical (unpaired) electrons. The fourth-order valence-corrected chi connectivity index (χ4v) is 2.63. The zero-order valence-electron chi connectivity index (χ0n) is 7.53. The van der Waals surface area contributed by atoms with Crippen LogP contribution in [0.5, 0.6) is 0 Å². The highest BCUT2D eigenvalue weighted by Crippen LogP contribution is 2.19. The Morgan fingerprint density at radius 2 is 1.85 bits per heavy atom. The molecule has 1 nitrogen and oxygen atoms in total. The zero-order chi connectivity index (χ0) is 10.0. The van der Waals surface area contributed by atoms with E-state index in [1.54, 1.807) is 0 Å². The Morgan fingerprint density at radius 1 is 1.38 bits per heavy atom. The van der Waals surface area contributed by atoms with Crippen LogP contribution in [0.3, 0.4) is 0 Å². The summed E-state index contributed by atoms with van der Waals surface area (Å²) in [5, 5.41) is 0.398. The van der Waals surface area contributed by atoms with Crippen LogP contribution < -0.4 is 0 Å². The van der Waals surface area contributed by atoms with Gasteiger partial charge in [-0.25, -0.2) is 0 Å². The van der Waals surface area contributed by atoms with Crippen LogP contribution >= 0.6 is 38.5 Å². The molecule has 0 spiro atoms. The van der Waals surface area contributed by atoms with E-state index in [4.69, 9.17) is 0 Å². The number of aryl methyl sites for hydroxylation is 2. The van der Waals surface area contributed by atoms with Crippen molar-refractivity contribution in [3.05, 3.63) is 32.4 Å². The van der Waals surface area contributed by atoms with Gasteiger partial charge in [0.15, 0.2) is 5.78 Å². The smallest absolute Gasteiger partial charge is 0.173 e. The summed E-state index contributed by atoms with van der Waals surface area (Å²) in [5.41, 5.74) is 2.99. The first-order valence-electron chi connectivity index (χ1n) is 3.92. The number of carbonyl (C=O) groups is 1. The molecule has 0 heterocycles. The van der Waals surface area contributed by atoms with Crippen LogP contribution in [-0.4, -0.2) is 11.1 Å². The summed E-state index contributed by atoms with van der Waals surface area (Å²) in [6, 6.07) is 4.06. The quantitative estimate of drug-likeness (QED) is 0.452. The molecular formula is C10H10BrIO. The fraction of sp³-hybridized carbons (Fsp3) is 0.300. The van der Waals surface area contributed by atoms with Gasteiger partial charge in [0.25, 0.3) is 0 Å². The van der Waals surface area contributed by atoms with E-state index < -0.39 is 0 Å². The van der Waals surface area contributed by atoms with Gasteiger partial charge in [-0.3, -0.25) is 4.79 Å². The topological polar surface area (TPSA) is 17.1 Å². The van der Waals surface area contributed by atoms with Gasteiger partial charge >= 0.3 is 0 Å². The lowest BCUT2D eigenvalue weighted by Crippen LogP contribution is -2.05. The molecule has 0 bridgehead atoms. The third-order valence-electron chi connectivity index (χ3n) is 1.90. The lowest BCUT2D eigenvalue weighted by molar-refractivity contribution is 0.102. The average molecular weight is 353 g/mol. The summed E-state index contributed by atoms with van der Waals surface area (Å²) >= 11 is 5.45. The maximum atomic E-state index is 11.5. The van der Waals surface area contributed by atoms with E-state index in [1.165, 1.54) is 3.57 Å². The summed E-state index contributed by atoms with van der Waals surface area (Å²) in [6.45, 7) is 3.95. The van der Waals surface area contributed by atoms with Crippen molar-refractivity contribution in [1.82, 2.24) is 0 Å². The number of ketones is 1. The normalized spacial score (nSPS) is 10.2. The van der Waals surface area contributed by atoms with Crippen molar-refractivity contribution in [3.8, 4) is 0 Å². The van der Waals surface area contributed by atoms with Crippen LogP contribution in [0.15, 0.2) is 12.1 Å². The lowest BCUT2D eigenvalue weighted by atomic mass is 10.0. The number of rotatable bonds is 2. The number of Topliss-reactive ketones (excluding diaryl/α,β-unsaturated/α-hetero) is 1. The molecule has 1 aromatic carbocycles. The van der Waals surface area contributed by atoms with Gasteiger partial charge in [-0.2, -0.15) is 0 Å². The Balaban J connectivity index is 3.28. The van der Waals surface area contributed by atoms with E-state index >= 15 is 0 Å². The largest absolute Gasteiger partial charge is 0.293 e. The number of benzene rings is 1. The first-order valence-corrected chi connectivity index (χ1v) is 6.12. The predicted octanol–water partition coefficient (Wildman–Crippen LogP) is 3.49. The van der Waals surface area contributed by atoms with Gasteiger partial charge in [0, 0.05) is 9.13 Å². The predicted molar refractivity (Wildman–Crippen MR) is 66.8 cm³/mol. The van der Waals surface area contributed by atoms with Crippen LogP contribution in [0.2, 0.25) is 0 Å². The van der Waals surface area contributed by atoms with E-state index in [0.717, 1.165) is 16.7 Å². The third-order valence-corrected chi connectivity index (χ3v) is 3.03. The first kappa shape index (κ1) is 11.2. The number of alkyl halides is 1. The highest BCUT2D eigenvalue weighted by atomic mass is 127. The van der Waals surface area contributed by atoms with Crippen molar-refractivity contribution in [2.75, 3.05) is 5.33 Å². The zero-order valence-corrected chi connectivity index (χ0v) is 11.3. The lowest BCUT2D eigenvalue weighted by Gasteiger charge is -2.07. The van der Waals surface area contributed by atoms with Crippen molar-refractivity contribution in [3.63, 3.8) is 0 Å². The Kier molecular flexibility index (Phi) is 3.91. The fourth-order valence-electron chi connectivity index (χ4n) is 1.42. The summed E-state index contributed by atoms with van der Waals surface area (Å²) in [5.74, 6) is 0.159. The minimum Gasteiger partial charge on any atom is -0.293 e. The highest BCUT2D eigenvalue weighted by molar-refractivity contribution is 14.1. The van der Waals surface area contributed by atoms with Crippen molar-refractivity contribution in [2.45, 2.75) is 13.8 Å². The van der Waals surface area contributed by atoms with Gasteiger partial charge < -0.3 is 0 Å². The van der Waals surface area contributed by atoms with Gasteiger partial charge in [-0.05, 0) is 59.7 Å². The Labute approximate surface area is 100 Å². The Hall–Kier alpha value is 0.1000. The molecule has 0 unspecified atom stereocenters. The third kappa shape index (κ3) is 2.53. The van der Waals surface area contributed by atoms with Gasteiger partial charge in [0.2, 0.25) is 0 Å². The minimum atomic E-state index is 0.159. The maximum Gasteiger partial charge on any atom is 0.173 e. The Bertz CT molecular complexity index is 324. The number of carbonyl (C=O) groups excluding carboxylic acids is 1. The summed E-state index contributed by atoms with van der Waals surface area (Å²) in [4.78, 5) is 11.5. The molecule has 3 heteroatoms. The van der Waals surface area contributed by atoms with E-state index in [-0.39, 0.29) is 5.78 Å². The number of hydrogen-bond donors (Lipinski definition) is 0. The summed E-state index contributed by atoms with van der Waals surface area (Å²) in [7, 11) is 0. The molecule has 0 atom stereocenters. The first-order chi connectivity index (χ1) is 6.06. The second kappa shape index (κ2) is 4.55. The molecule has 0 aliphatic carbocycles. The van der Waals surface area contributed by atoms with Crippen LogP contribution in [0.4, 0.5) is 0 Å². The van der Waals surface area contributed by atoms with Crippen LogP contribution in [0.1, 0.15) is 21.5 Å². The molecule has 0 aliphatic heterocycles. The van der Waals surface area contributed by atoms with Crippen molar-refractivity contribution < 1.29 is 4.79 Å². The number of halogens is 2. The van der Waals surface area contributed by atoms with Crippen LogP contribution in [0.25, 0.3) is 0 Å². The van der Waals surface area contributed by atoms with Gasteiger partial charge in [-0.15, -0.1) is 0 Å². The molecule has 13 heavy (non-hydrogen) atoms. The van der Waals surface area contributed by atoms with Gasteiger partial charge in [0.1, 0.15) is 0 Å². The van der Waals surface area contributed by atoms with Crippen LogP contribution in [0, 0.1) is 17.4 Å². The molecule has 0 aliphatic rings. The molecule has 0 saturated heterocycles. The summed E-state index contributed by atoms with van der Waals surface area (Å²) in [6.07, 6.45) is 0. The molecule has 0 saturated carbocycles. The van der Waals surface area contributed by atoms with Crippen molar-refractivity contribution >= 4 is 44.3 Å². The standard InChI is InChI=1S/C10H10BrIO/c1-6-3-8(12)4-7(2)10(6)9(13)5-11/h3-4H,5H2,1-2H3. The molecule has 0 N–H and O–H groups in total. The molecule has 0 amide bonds. The van der Waals surface area contributed by atoms with E-state index in [2.05, 4.69) is 38.5 Å². The minimum absolute atomic E-state index is 0.159. The maximum absolute atomic E-state index is 11.5. The van der Waals surface area contributed by atoms with E-state index in [9.17, 15) is 4.79 Å². The van der Waals surface area contributed by atoms with E-state index in [0.29, 0.717) is 5.33 Å². The SMILES string of the molecule is Cc1cc(I)cc(C)c1C(=O)CBr. The van der Waals surface area contributed by atoms with E-state index in [1.807, 2.05) is 26.0 Å².